The van der Waals surface area contributed by atoms with Crippen LogP contribution in [0.15, 0.2) is 0 Å². The van der Waals surface area contributed by atoms with Crippen molar-refractivity contribution in [3.05, 3.63) is 0 Å². The molecule has 0 spiro atoms. The van der Waals surface area contributed by atoms with Crippen LogP contribution in [0.3, 0.4) is 0 Å². The highest BCUT2D eigenvalue weighted by atomic mass is 16.7. The van der Waals surface area contributed by atoms with Crippen LogP contribution in [-0.2, 0) is 28.6 Å². The molecule has 0 aromatic rings. The maximum atomic E-state index is 11.8. The number of aliphatic hydroxyl groups excluding tert-OH is 3. The molecule has 180 valence electrons. The number of hydrogen-bond donors (Lipinski definition) is 6. The van der Waals surface area contributed by atoms with Gasteiger partial charge in [-0.3, -0.25) is 14.4 Å². The predicted octanol–water partition coefficient (Wildman–Crippen LogP) is -2.36. The summed E-state index contributed by atoms with van der Waals surface area (Å²) in [5.41, 5.74) is 10.7. The molecule has 12 heteroatoms. The van der Waals surface area contributed by atoms with Gasteiger partial charge in [-0.25, -0.2) is 0 Å². The summed E-state index contributed by atoms with van der Waals surface area (Å²) in [5, 5.41) is 32.0. The summed E-state index contributed by atoms with van der Waals surface area (Å²) >= 11 is 0. The Kier molecular flexibility index (Phi) is 12.5. The standard InChI is InChI=1S/C19H35N3O9/c1-11(24)30-17-16(27)15(26)13(10-23)31-19(17)29-9-5-3-2-4-8-22-18(28)12(20)6-7-14(21)25/h12-13,15-17,19,23,26-27H,2-10,20H2,1H3,(H2,21,25)(H,22,28)/t12-,13+,15+,16-,17-,19+/m0/s1. The second kappa shape index (κ2) is 14.3. The van der Waals surface area contributed by atoms with Crippen molar-refractivity contribution in [3.8, 4) is 0 Å². The maximum absolute atomic E-state index is 11.8. The average molecular weight is 450 g/mol. The molecule has 2 amide bonds. The Hall–Kier alpha value is -1.83. The summed E-state index contributed by atoms with van der Waals surface area (Å²) in [4.78, 5) is 33.7. The highest BCUT2D eigenvalue weighted by Crippen LogP contribution is 2.24. The Morgan fingerprint density at radius 2 is 1.81 bits per heavy atom. The van der Waals surface area contributed by atoms with E-state index in [9.17, 15) is 29.7 Å². The monoisotopic (exact) mass is 449 g/mol. The minimum absolute atomic E-state index is 0.0622. The van der Waals surface area contributed by atoms with E-state index in [1.165, 1.54) is 0 Å². The summed E-state index contributed by atoms with van der Waals surface area (Å²) in [6, 6.07) is -0.766. The van der Waals surface area contributed by atoms with E-state index in [0.29, 0.717) is 13.0 Å². The normalized spacial score (nSPS) is 26.8. The van der Waals surface area contributed by atoms with Gasteiger partial charge in [0.25, 0.3) is 0 Å². The number of ether oxygens (including phenoxy) is 3. The first-order valence-corrected chi connectivity index (χ1v) is 10.4. The molecule has 12 nitrogen and oxygen atoms in total. The molecular formula is C19H35N3O9. The quantitative estimate of drug-likeness (QED) is 0.123. The van der Waals surface area contributed by atoms with Gasteiger partial charge >= 0.3 is 5.97 Å². The number of primary amides is 1. The molecule has 0 aromatic heterocycles. The van der Waals surface area contributed by atoms with Crippen LogP contribution in [0.4, 0.5) is 0 Å². The minimum Gasteiger partial charge on any atom is -0.454 e. The van der Waals surface area contributed by atoms with E-state index in [2.05, 4.69) is 5.32 Å². The van der Waals surface area contributed by atoms with Crippen LogP contribution >= 0.6 is 0 Å². The Balaban J connectivity index is 2.24. The number of nitrogens with one attached hydrogen (secondary N) is 1. The van der Waals surface area contributed by atoms with Gasteiger partial charge in [0.2, 0.25) is 11.8 Å². The molecule has 0 radical (unpaired) electrons. The molecule has 1 rings (SSSR count). The van der Waals surface area contributed by atoms with Gasteiger partial charge in [-0.15, -0.1) is 0 Å². The van der Waals surface area contributed by atoms with Gasteiger partial charge in [0.1, 0.15) is 18.3 Å². The predicted molar refractivity (Wildman–Crippen MR) is 107 cm³/mol. The van der Waals surface area contributed by atoms with Gasteiger partial charge < -0.3 is 46.3 Å². The van der Waals surface area contributed by atoms with Crippen molar-refractivity contribution in [1.29, 1.82) is 0 Å². The van der Waals surface area contributed by atoms with Crippen molar-refractivity contribution in [2.75, 3.05) is 19.8 Å². The highest BCUT2D eigenvalue weighted by Gasteiger charge is 2.46. The molecule has 31 heavy (non-hydrogen) atoms. The highest BCUT2D eigenvalue weighted by molar-refractivity contribution is 5.82. The number of carbonyl (C=O) groups excluding carboxylic acids is 3. The Morgan fingerprint density at radius 1 is 1.13 bits per heavy atom. The molecule has 1 heterocycles. The van der Waals surface area contributed by atoms with E-state index in [-0.39, 0.29) is 25.4 Å². The van der Waals surface area contributed by atoms with Crippen molar-refractivity contribution >= 4 is 17.8 Å². The summed E-state index contributed by atoms with van der Waals surface area (Å²) in [6.07, 6.45) is -3.00. The smallest absolute Gasteiger partial charge is 0.303 e. The molecule has 0 unspecified atom stereocenters. The third-order valence-corrected chi connectivity index (χ3v) is 4.82. The third-order valence-electron chi connectivity index (χ3n) is 4.82. The van der Waals surface area contributed by atoms with Crippen LogP contribution in [-0.4, -0.2) is 89.6 Å². The number of aliphatic hydroxyl groups is 3. The fraction of sp³-hybridized carbons (Fsp3) is 0.842. The van der Waals surface area contributed by atoms with Gasteiger partial charge in [-0.1, -0.05) is 12.8 Å². The van der Waals surface area contributed by atoms with Gasteiger partial charge in [0.15, 0.2) is 12.4 Å². The Morgan fingerprint density at radius 3 is 2.42 bits per heavy atom. The van der Waals surface area contributed by atoms with Gasteiger partial charge in [-0.2, -0.15) is 0 Å². The third kappa shape index (κ3) is 9.89. The zero-order valence-electron chi connectivity index (χ0n) is 17.8. The summed E-state index contributed by atoms with van der Waals surface area (Å²) < 4.78 is 16.0. The van der Waals surface area contributed by atoms with Crippen LogP contribution in [0.5, 0.6) is 0 Å². The van der Waals surface area contributed by atoms with Crippen molar-refractivity contribution in [3.63, 3.8) is 0 Å². The molecule has 0 aromatic carbocycles. The van der Waals surface area contributed by atoms with Crippen molar-refractivity contribution in [2.45, 2.75) is 82.2 Å². The topological polar surface area (TPSA) is 204 Å². The summed E-state index contributed by atoms with van der Waals surface area (Å²) in [5.74, 6) is -1.48. The second-order valence-corrected chi connectivity index (χ2v) is 7.47. The van der Waals surface area contributed by atoms with Crippen LogP contribution in [0.1, 0.15) is 45.4 Å². The second-order valence-electron chi connectivity index (χ2n) is 7.47. The van der Waals surface area contributed by atoms with E-state index in [4.69, 9.17) is 25.7 Å². The zero-order chi connectivity index (χ0) is 23.4. The largest absolute Gasteiger partial charge is 0.454 e. The lowest BCUT2D eigenvalue weighted by atomic mass is 9.99. The average Bonchev–Trinajstić information content (AvgIpc) is 2.72. The van der Waals surface area contributed by atoms with E-state index >= 15 is 0 Å². The van der Waals surface area contributed by atoms with Gasteiger partial charge in [0, 0.05) is 26.5 Å². The van der Waals surface area contributed by atoms with Crippen LogP contribution in [0.25, 0.3) is 0 Å². The number of nitrogens with two attached hydrogens (primary N) is 2. The minimum atomic E-state index is -1.45. The molecular weight excluding hydrogens is 414 g/mol. The molecule has 8 N–H and O–H groups in total. The number of unbranched alkanes of at least 4 members (excludes halogenated alkanes) is 3. The summed E-state index contributed by atoms with van der Waals surface area (Å²) in [7, 11) is 0. The van der Waals surface area contributed by atoms with Gasteiger partial charge in [0.05, 0.1) is 12.6 Å². The first kappa shape index (κ1) is 27.2. The zero-order valence-corrected chi connectivity index (χ0v) is 17.8. The van der Waals surface area contributed by atoms with Gasteiger partial charge in [-0.05, 0) is 19.3 Å². The van der Waals surface area contributed by atoms with E-state index in [1.54, 1.807) is 0 Å². The first-order valence-electron chi connectivity index (χ1n) is 10.4. The summed E-state index contributed by atoms with van der Waals surface area (Å²) in [6.45, 7) is 1.33. The molecule has 1 aliphatic heterocycles. The Bertz CT molecular complexity index is 578. The number of rotatable bonds is 14. The van der Waals surface area contributed by atoms with E-state index in [1.807, 2.05) is 0 Å². The Labute approximate surface area is 181 Å². The molecule has 6 atom stereocenters. The fourth-order valence-electron chi connectivity index (χ4n) is 3.06. The molecule has 1 aliphatic rings. The lowest BCUT2D eigenvalue weighted by molar-refractivity contribution is -0.304. The van der Waals surface area contributed by atoms with E-state index in [0.717, 1.165) is 26.2 Å². The number of amides is 2. The lowest BCUT2D eigenvalue weighted by Crippen LogP contribution is -2.60. The van der Waals surface area contributed by atoms with Crippen LogP contribution < -0.4 is 16.8 Å². The molecule has 1 fully saturated rings. The number of carbonyl (C=O) groups is 3. The first-order chi connectivity index (χ1) is 14.7. The van der Waals surface area contributed by atoms with E-state index < -0.39 is 55.2 Å². The molecule has 0 bridgehead atoms. The number of esters is 1. The van der Waals surface area contributed by atoms with Crippen LogP contribution in [0, 0.1) is 0 Å². The molecule has 1 saturated heterocycles. The van der Waals surface area contributed by atoms with Crippen molar-refractivity contribution in [1.82, 2.24) is 5.32 Å². The fourth-order valence-corrected chi connectivity index (χ4v) is 3.06. The SMILES string of the molecule is CC(=O)O[C@@H]1[C@H](OCCCCCCNC(=O)[C@@H](N)CCC(N)=O)O[C@H](CO)[C@@H](O)[C@@H]1O. The maximum Gasteiger partial charge on any atom is 0.303 e. The molecule has 0 aliphatic carbocycles. The van der Waals surface area contributed by atoms with Crippen LogP contribution in [0.2, 0.25) is 0 Å². The lowest BCUT2D eigenvalue weighted by Gasteiger charge is -2.41. The van der Waals surface area contributed by atoms with Crippen molar-refractivity contribution < 1.29 is 43.9 Å². The number of hydrogen-bond acceptors (Lipinski definition) is 10. The molecule has 0 saturated carbocycles. The van der Waals surface area contributed by atoms with Crippen molar-refractivity contribution in [2.24, 2.45) is 11.5 Å².